The molecule has 0 spiro atoms. The minimum absolute atomic E-state index is 0.333. The topological polar surface area (TPSA) is 50.3 Å². The molecule has 116 valence electrons. The Morgan fingerprint density at radius 1 is 1.32 bits per heavy atom. The minimum atomic E-state index is 0.333. The molecule has 1 N–H and O–H groups in total. The van der Waals surface area contributed by atoms with E-state index < -0.39 is 0 Å². The normalized spacial score (nSPS) is 18.4. The molecule has 0 saturated carbocycles. The second kappa shape index (κ2) is 6.94. The fourth-order valence-electron chi connectivity index (χ4n) is 2.77. The molecule has 3 rings (SSSR count). The number of nitrogens with zero attached hydrogens (tertiary/aromatic N) is 3. The first-order chi connectivity index (χ1) is 10.8. The zero-order valence-corrected chi connectivity index (χ0v) is 13.3. The molecule has 0 aliphatic carbocycles. The van der Waals surface area contributed by atoms with Crippen molar-refractivity contribution in [1.29, 1.82) is 0 Å². The Morgan fingerprint density at radius 2 is 2.14 bits per heavy atom. The fraction of sp³-hybridized carbons (Fsp3) is 0.375. The predicted molar refractivity (Wildman–Crippen MR) is 87.3 cm³/mol. The van der Waals surface area contributed by atoms with Crippen LogP contribution in [0.1, 0.15) is 12.0 Å². The second-order valence-electron chi connectivity index (χ2n) is 5.40. The molecular weight excluding hydrogens is 300 g/mol. The summed E-state index contributed by atoms with van der Waals surface area (Å²) in [7, 11) is 1.58. The molecule has 1 atom stereocenters. The number of aromatic nitrogens is 2. The summed E-state index contributed by atoms with van der Waals surface area (Å²) in [6.07, 6.45) is 2.52. The van der Waals surface area contributed by atoms with Gasteiger partial charge in [-0.2, -0.15) is 0 Å². The average molecular weight is 319 g/mol. The molecule has 0 amide bonds. The lowest BCUT2D eigenvalue weighted by atomic mass is 10.2. The first-order valence-corrected chi connectivity index (χ1v) is 7.71. The highest BCUT2D eigenvalue weighted by Crippen LogP contribution is 2.29. The molecule has 0 bridgehead atoms. The van der Waals surface area contributed by atoms with E-state index in [1.807, 2.05) is 6.07 Å². The van der Waals surface area contributed by atoms with Gasteiger partial charge in [0.1, 0.15) is 6.33 Å². The molecule has 1 fully saturated rings. The number of likely N-dealkylation sites (tertiary alicyclic amines) is 1. The monoisotopic (exact) mass is 318 g/mol. The highest BCUT2D eigenvalue weighted by molar-refractivity contribution is 6.31. The summed E-state index contributed by atoms with van der Waals surface area (Å²) < 4.78 is 5.28. The van der Waals surface area contributed by atoms with Crippen LogP contribution in [-0.2, 0) is 6.54 Å². The Hall–Kier alpha value is -1.85. The standard InChI is InChI=1S/C16H19ClN4O/c1-22-14-15(17)18-11-19-16(14)20-13-7-8-21(10-13)9-12-5-3-2-4-6-12/h2-6,11,13H,7-10H2,1H3,(H,18,19,20). The summed E-state index contributed by atoms with van der Waals surface area (Å²) in [5.41, 5.74) is 1.34. The van der Waals surface area contributed by atoms with Gasteiger partial charge in [-0.25, -0.2) is 9.97 Å². The van der Waals surface area contributed by atoms with Crippen LogP contribution in [0.3, 0.4) is 0 Å². The van der Waals surface area contributed by atoms with E-state index in [9.17, 15) is 0 Å². The predicted octanol–water partition coefficient (Wildman–Crippen LogP) is 2.83. The first kappa shape index (κ1) is 15.1. The minimum Gasteiger partial charge on any atom is -0.490 e. The lowest BCUT2D eigenvalue weighted by Gasteiger charge is -2.18. The maximum absolute atomic E-state index is 6.02. The van der Waals surface area contributed by atoms with Crippen LogP contribution in [0.5, 0.6) is 5.75 Å². The molecular formula is C16H19ClN4O. The summed E-state index contributed by atoms with van der Waals surface area (Å²) in [6.45, 7) is 3.01. The summed E-state index contributed by atoms with van der Waals surface area (Å²) in [5, 5.41) is 3.75. The summed E-state index contributed by atoms with van der Waals surface area (Å²) in [5.74, 6) is 1.17. The van der Waals surface area contributed by atoms with Crippen LogP contribution in [0.4, 0.5) is 5.82 Å². The van der Waals surface area contributed by atoms with Crippen LogP contribution >= 0.6 is 11.6 Å². The van der Waals surface area contributed by atoms with Crippen molar-refractivity contribution in [2.24, 2.45) is 0 Å². The first-order valence-electron chi connectivity index (χ1n) is 7.33. The molecule has 0 radical (unpaired) electrons. The highest BCUT2D eigenvalue weighted by atomic mass is 35.5. The number of rotatable bonds is 5. The third-order valence-electron chi connectivity index (χ3n) is 3.83. The van der Waals surface area contributed by atoms with Crippen molar-refractivity contribution in [3.05, 3.63) is 47.4 Å². The highest BCUT2D eigenvalue weighted by Gasteiger charge is 2.24. The SMILES string of the molecule is COc1c(Cl)ncnc1NC1CCN(Cc2ccccc2)C1. The summed E-state index contributed by atoms with van der Waals surface area (Å²) in [6, 6.07) is 10.9. The second-order valence-corrected chi connectivity index (χ2v) is 5.75. The number of anilines is 1. The Labute approximate surface area is 135 Å². The number of benzene rings is 1. The van der Waals surface area contributed by atoms with E-state index >= 15 is 0 Å². The van der Waals surface area contributed by atoms with Crippen molar-refractivity contribution in [3.8, 4) is 5.75 Å². The third kappa shape index (κ3) is 3.48. The van der Waals surface area contributed by atoms with Gasteiger partial charge in [0.2, 0.25) is 0 Å². The van der Waals surface area contributed by atoms with E-state index in [0.717, 1.165) is 26.1 Å². The maximum atomic E-state index is 6.02. The van der Waals surface area contributed by atoms with Crippen LogP contribution < -0.4 is 10.1 Å². The molecule has 1 aliphatic rings. The molecule has 1 aliphatic heterocycles. The van der Waals surface area contributed by atoms with E-state index in [0.29, 0.717) is 22.8 Å². The average Bonchev–Trinajstić information content (AvgIpc) is 2.96. The number of methoxy groups -OCH3 is 1. The molecule has 6 heteroatoms. The number of ether oxygens (including phenoxy) is 1. The van der Waals surface area contributed by atoms with Gasteiger partial charge in [0.05, 0.1) is 7.11 Å². The van der Waals surface area contributed by atoms with Crippen molar-refractivity contribution in [1.82, 2.24) is 14.9 Å². The van der Waals surface area contributed by atoms with Gasteiger partial charge in [0.15, 0.2) is 16.7 Å². The van der Waals surface area contributed by atoms with Gasteiger partial charge in [-0.1, -0.05) is 41.9 Å². The van der Waals surface area contributed by atoms with Gasteiger partial charge >= 0.3 is 0 Å². The van der Waals surface area contributed by atoms with E-state index in [1.165, 1.54) is 11.9 Å². The van der Waals surface area contributed by atoms with Gasteiger partial charge in [-0.3, -0.25) is 4.90 Å². The van der Waals surface area contributed by atoms with Crippen molar-refractivity contribution < 1.29 is 4.74 Å². The number of halogens is 1. The smallest absolute Gasteiger partial charge is 0.198 e. The Kier molecular flexibility index (Phi) is 4.75. The van der Waals surface area contributed by atoms with Crippen molar-refractivity contribution in [3.63, 3.8) is 0 Å². The Bertz CT molecular complexity index is 623. The quantitative estimate of drug-likeness (QED) is 0.859. The molecule has 2 aromatic rings. The molecule has 1 aromatic carbocycles. The molecule has 22 heavy (non-hydrogen) atoms. The van der Waals surface area contributed by atoms with Gasteiger partial charge in [-0.15, -0.1) is 0 Å². The van der Waals surface area contributed by atoms with E-state index in [-0.39, 0.29) is 0 Å². The van der Waals surface area contributed by atoms with Crippen LogP contribution in [0.25, 0.3) is 0 Å². The van der Waals surface area contributed by atoms with Crippen LogP contribution in [0.15, 0.2) is 36.7 Å². The summed E-state index contributed by atoms with van der Waals surface area (Å²) >= 11 is 6.02. The van der Waals surface area contributed by atoms with Gasteiger partial charge in [-0.05, 0) is 12.0 Å². The van der Waals surface area contributed by atoms with Crippen LogP contribution in [-0.4, -0.2) is 41.1 Å². The molecule has 1 saturated heterocycles. The Balaban J connectivity index is 1.61. The van der Waals surface area contributed by atoms with Crippen molar-refractivity contribution >= 4 is 17.4 Å². The zero-order valence-electron chi connectivity index (χ0n) is 12.5. The summed E-state index contributed by atoms with van der Waals surface area (Å²) in [4.78, 5) is 10.6. The number of hydrogen-bond donors (Lipinski definition) is 1. The largest absolute Gasteiger partial charge is 0.490 e. The molecule has 2 heterocycles. The van der Waals surface area contributed by atoms with Crippen molar-refractivity contribution in [2.45, 2.75) is 19.0 Å². The van der Waals surface area contributed by atoms with Crippen LogP contribution in [0, 0.1) is 0 Å². The molecule has 1 unspecified atom stereocenters. The van der Waals surface area contributed by atoms with E-state index in [1.54, 1.807) is 7.11 Å². The van der Waals surface area contributed by atoms with Crippen molar-refractivity contribution in [2.75, 3.05) is 25.5 Å². The van der Waals surface area contributed by atoms with Gasteiger partial charge in [0.25, 0.3) is 0 Å². The number of hydrogen-bond acceptors (Lipinski definition) is 5. The van der Waals surface area contributed by atoms with E-state index in [2.05, 4.69) is 44.5 Å². The van der Waals surface area contributed by atoms with Gasteiger partial charge < -0.3 is 10.1 Å². The maximum Gasteiger partial charge on any atom is 0.198 e. The third-order valence-corrected chi connectivity index (χ3v) is 4.10. The van der Waals surface area contributed by atoms with Crippen LogP contribution in [0.2, 0.25) is 5.15 Å². The lowest BCUT2D eigenvalue weighted by molar-refractivity contribution is 0.328. The van der Waals surface area contributed by atoms with Gasteiger partial charge in [0, 0.05) is 25.7 Å². The fourth-order valence-corrected chi connectivity index (χ4v) is 2.98. The lowest BCUT2D eigenvalue weighted by Crippen LogP contribution is -2.26. The Morgan fingerprint density at radius 3 is 2.91 bits per heavy atom. The molecule has 5 nitrogen and oxygen atoms in total. The zero-order chi connectivity index (χ0) is 15.4. The van der Waals surface area contributed by atoms with E-state index in [4.69, 9.17) is 16.3 Å². The molecule has 1 aromatic heterocycles. The number of nitrogens with one attached hydrogen (secondary N) is 1.